The van der Waals surface area contributed by atoms with Crippen LogP contribution < -0.4 is 4.90 Å². The van der Waals surface area contributed by atoms with E-state index in [1.165, 1.54) is 25.6 Å². The molecule has 0 radical (unpaired) electrons. The lowest BCUT2D eigenvalue weighted by Gasteiger charge is -2.22. The second-order valence-electron chi connectivity index (χ2n) is 6.49. The lowest BCUT2D eigenvalue weighted by atomic mass is 10.2. The molecular weight excluding hydrogens is 344 g/mol. The molecule has 1 saturated carbocycles. The zero-order valence-corrected chi connectivity index (χ0v) is 15.6. The van der Waals surface area contributed by atoms with Crippen LogP contribution in [0.3, 0.4) is 0 Å². The van der Waals surface area contributed by atoms with Crippen LogP contribution in [0.2, 0.25) is 0 Å². The quantitative estimate of drug-likeness (QED) is 0.677. The van der Waals surface area contributed by atoms with Gasteiger partial charge < -0.3 is 14.4 Å². The van der Waals surface area contributed by atoms with Gasteiger partial charge >= 0.3 is 0 Å². The summed E-state index contributed by atoms with van der Waals surface area (Å²) < 4.78 is 36.9. The highest BCUT2D eigenvalue weighted by atomic mass is 32.2. The highest BCUT2D eigenvalue weighted by Crippen LogP contribution is 2.37. The molecule has 1 aliphatic carbocycles. The van der Waals surface area contributed by atoms with Crippen molar-refractivity contribution in [2.45, 2.75) is 30.4 Å². The molecule has 1 aliphatic heterocycles. The molecule has 8 heteroatoms. The van der Waals surface area contributed by atoms with Gasteiger partial charge in [0.2, 0.25) is 15.9 Å². The number of carbonyl (C=O) groups excluding carboxylic acids is 1. The van der Waals surface area contributed by atoms with Crippen molar-refractivity contribution in [3.63, 3.8) is 0 Å². The second kappa shape index (κ2) is 7.03. The van der Waals surface area contributed by atoms with Gasteiger partial charge in [-0.2, -0.15) is 4.31 Å². The molecule has 0 saturated heterocycles. The molecule has 2 aliphatic rings. The normalized spacial score (nSPS) is 17.4. The van der Waals surface area contributed by atoms with Crippen molar-refractivity contribution >= 4 is 21.6 Å². The van der Waals surface area contributed by atoms with E-state index in [2.05, 4.69) is 0 Å². The summed E-state index contributed by atoms with van der Waals surface area (Å²) >= 11 is 0. The maximum atomic E-state index is 12.8. The fourth-order valence-corrected chi connectivity index (χ4v) is 4.26. The van der Waals surface area contributed by atoms with Crippen molar-refractivity contribution in [3.8, 4) is 0 Å². The maximum Gasteiger partial charge on any atom is 0.243 e. The summed E-state index contributed by atoms with van der Waals surface area (Å²) in [5, 5.41) is 0. The first-order chi connectivity index (χ1) is 11.9. The number of sulfonamides is 1. The van der Waals surface area contributed by atoms with Crippen LogP contribution >= 0.6 is 0 Å². The van der Waals surface area contributed by atoms with Crippen LogP contribution in [-0.4, -0.2) is 59.3 Å². The average Bonchev–Trinajstić information content (AvgIpc) is 3.37. The molecule has 1 aromatic rings. The molecule has 0 bridgehead atoms. The molecule has 0 N–H and O–H groups in total. The number of hydrogen-bond acceptors (Lipinski definition) is 5. The zero-order chi connectivity index (χ0) is 18.2. The average molecular weight is 368 g/mol. The van der Waals surface area contributed by atoms with Gasteiger partial charge in [0.1, 0.15) is 0 Å². The van der Waals surface area contributed by atoms with E-state index < -0.39 is 16.3 Å². The van der Waals surface area contributed by atoms with Crippen LogP contribution in [0, 0.1) is 5.92 Å². The summed E-state index contributed by atoms with van der Waals surface area (Å²) in [6, 6.07) is 4.99. The molecule has 7 nitrogen and oxygen atoms in total. The number of carbonyl (C=O) groups is 1. The predicted octanol–water partition coefficient (Wildman–Crippen LogP) is 1.23. The highest BCUT2D eigenvalue weighted by Gasteiger charge is 2.37. The highest BCUT2D eigenvalue weighted by molar-refractivity contribution is 7.89. The third kappa shape index (κ3) is 3.57. The SMILES string of the molecule is COC(CN(C)S(=O)(=O)c1ccc2c(c1)CCN2C(=O)C1CC1)OC. The van der Waals surface area contributed by atoms with Gasteiger partial charge in [0.05, 0.1) is 11.4 Å². The number of nitrogens with zero attached hydrogens (tertiary/aromatic N) is 2. The summed E-state index contributed by atoms with van der Waals surface area (Å²) in [6.45, 7) is 0.720. The van der Waals surface area contributed by atoms with Crippen LogP contribution in [0.1, 0.15) is 18.4 Å². The van der Waals surface area contributed by atoms with E-state index in [0.29, 0.717) is 13.0 Å². The summed E-state index contributed by atoms with van der Waals surface area (Å²) in [5.41, 5.74) is 1.74. The minimum absolute atomic E-state index is 0.0959. The van der Waals surface area contributed by atoms with Crippen molar-refractivity contribution in [1.29, 1.82) is 0 Å². The number of rotatable bonds is 7. The monoisotopic (exact) mass is 368 g/mol. The van der Waals surface area contributed by atoms with Crippen LogP contribution in [0.4, 0.5) is 5.69 Å². The third-order valence-corrected chi connectivity index (χ3v) is 6.60. The molecule has 1 heterocycles. The van der Waals surface area contributed by atoms with Crippen LogP contribution in [0.5, 0.6) is 0 Å². The number of ether oxygens (including phenoxy) is 2. The minimum Gasteiger partial charge on any atom is -0.355 e. The number of anilines is 1. The second-order valence-corrected chi connectivity index (χ2v) is 8.54. The largest absolute Gasteiger partial charge is 0.355 e. The Morgan fingerprint density at radius 1 is 1.32 bits per heavy atom. The molecule has 1 fully saturated rings. The van der Waals surface area contributed by atoms with E-state index in [-0.39, 0.29) is 23.3 Å². The fourth-order valence-electron chi connectivity index (χ4n) is 3.05. The van der Waals surface area contributed by atoms with Crippen molar-refractivity contribution in [2.24, 2.45) is 5.92 Å². The van der Waals surface area contributed by atoms with Gasteiger partial charge in [-0.05, 0) is 43.0 Å². The van der Waals surface area contributed by atoms with Gasteiger partial charge in [0, 0.05) is 39.4 Å². The lowest BCUT2D eigenvalue weighted by Crippen LogP contribution is -2.36. The Balaban J connectivity index is 1.80. The Morgan fingerprint density at radius 2 is 2.00 bits per heavy atom. The molecule has 1 amide bonds. The van der Waals surface area contributed by atoms with Crippen molar-refractivity contribution in [2.75, 3.05) is 39.3 Å². The molecule has 0 spiro atoms. The number of fused-ring (bicyclic) bond motifs is 1. The van der Waals surface area contributed by atoms with Crippen LogP contribution in [0.25, 0.3) is 0 Å². The summed E-state index contributed by atoms with van der Waals surface area (Å²) in [7, 11) is 0.784. The molecule has 25 heavy (non-hydrogen) atoms. The van der Waals surface area contributed by atoms with Crippen LogP contribution in [0.15, 0.2) is 23.1 Å². The van der Waals surface area contributed by atoms with Gasteiger partial charge in [-0.3, -0.25) is 4.79 Å². The predicted molar refractivity (Wildman–Crippen MR) is 92.8 cm³/mol. The minimum atomic E-state index is -3.65. The topological polar surface area (TPSA) is 76.2 Å². The Hall–Kier alpha value is -1.48. The zero-order valence-electron chi connectivity index (χ0n) is 14.8. The molecule has 0 atom stereocenters. The molecular formula is C17H24N2O5S. The van der Waals surface area contributed by atoms with Crippen molar-refractivity contribution in [1.82, 2.24) is 4.31 Å². The standard InChI is InChI=1S/C17H24N2O5S/c1-18(11-16(23-2)24-3)25(21,22)14-6-7-15-13(10-14)8-9-19(15)17(20)12-4-5-12/h6-7,10,12,16H,4-5,8-9,11H2,1-3H3. The molecule has 1 aromatic carbocycles. The number of benzene rings is 1. The van der Waals surface area contributed by atoms with E-state index in [1.807, 2.05) is 0 Å². The summed E-state index contributed by atoms with van der Waals surface area (Å²) in [5.74, 6) is 0.315. The summed E-state index contributed by atoms with van der Waals surface area (Å²) in [4.78, 5) is 14.3. The molecule has 3 rings (SSSR count). The Morgan fingerprint density at radius 3 is 2.60 bits per heavy atom. The van der Waals surface area contributed by atoms with Gasteiger partial charge in [0.25, 0.3) is 0 Å². The first-order valence-electron chi connectivity index (χ1n) is 8.34. The van der Waals surface area contributed by atoms with Gasteiger partial charge in [-0.25, -0.2) is 8.42 Å². The number of methoxy groups -OCH3 is 2. The van der Waals surface area contributed by atoms with Gasteiger partial charge in [-0.1, -0.05) is 0 Å². The van der Waals surface area contributed by atoms with Crippen molar-refractivity contribution < 1.29 is 22.7 Å². The fraction of sp³-hybridized carbons (Fsp3) is 0.588. The number of likely N-dealkylation sites (N-methyl/N-ethyl adjacent to an activating group) is 1. The number of hydrogen-bond donors (Lipinski definition) is 0. The summed E-state index contributed by atoms with van der Waals surface area (Å²) in [6.07, 6.45) is 1.98. The number of amides is 1. The molecule has 0 aromatic heterocycles. The Bertz CT molecular complexity index is 756. The molecule has 138 valence electrons. The maximum absolute atomic E-state index is 12.8. The van der Waals surface area contributed by atoms with E-state index in [4.69, 9.17) is 9.47 Å². The van der Waals surface area contributed by atoms with Gasteiger partial charge in [0.15, 0.2) is 6.29 Å². The molecule has 0 unspecified atom stereocenters. The Kier molecular flexibility index (Phi) is 5.15. The first kappa shape index (κ1) is 18.3. The van der Waals surface area contributed by atoms with Gasteiger partial charge in [-0.15, -0.1) is 0 Å². The Labute approximate surface area is 148 Å². The lowest BCUT2D eigenvalue weighted by molar-refractivity contribution is -0.119. The van der Waals surface area contributed by atoms with E-state index >= 15 is 0 Å². The smallest absolute Gasteiger partial charge is 0.243 e. The first-order valence-corrected chi connectivity index (χ1v) is 9.78. The van der Waals surface area contributed by atoms with E-state index in [1.54, 1.807) is 23.1 Å². The van der Waals surface area contributed by atoms with E-state index in [0.717, 1.165) is 24.1 Å². The van der Waals surface area contributed by atoms with Crippen molar-refractivity contribution in [3.05, 3.63) is 23.8 Å². The van der Waals surface area contributed by atoms with E-state index in [9.17, 15) is 13.2 Å². The van der Waals surface area contributed by atoms with Crippen LogP contribution in [-0.2, 0) is 30.7 Å². The third-order valence-electron chi connectivity index (χ3n) is 4.78.